The Hall–Kier alpha value is -1.01. The summed E-state index contributed by atoms with van der Waals surface area (Å²) in [5.74, 6) is -0.198. The molecule has 0 unspecified atom stereocenters. The SMILES string of the molecule is CC(=O)NCCSc1csc(C(=O)O)c1. The van der Waals surface area contributed by atoms with Crippen molar-refractivity contribution < 1.29 is 14.7 Å². The van der Waals surface area contributed by atoms with Crippen LogP contribution in [0.3, 0.4) is 0 Å². The second kappa shape index (κ2) is 5.77. The Bertz CT molecular complexity index is 362. The van der Waals surface area contributed by atoms with E-state index in [-0.39, 0.29) is 5.91 Å². The number of carbonyl (C=O) groups excluding carboxylic acids is 1. The van der Waals surface area contributed by atoms with Crippen molar-refractivity contribution in [3.63, 3.8) is 0 Å². The lowest BCUT2D eigenvalue weighted by atomic mass is 10.5. The summed E-state index contributed by atoms with van der Waals surface area (Å²) < 4.78 is 0. The highest BCUT2D eigenvalue weighted by Gasteiger charge is 2.06. The van der Waals surface area contributed by atoms with E-state index in [1.807, 2.05) is 5.38 Å². The first kappa shape index (κ1) is 12.1. The van der Waals surface area contributed by atoms with E-state index in [1.54, 1.807) is 6.07 Å². The molecule has 82 valence electrons. The summed E-state index contributed by atoms with van der Waals surface area (Å²) in [4.78, 5) is 22.4. The zero-order valence-corrected chi connectivity index (χ0v) is 9.78. The Kier molecular flexibility index (Phi) is 4.64. The smallest absolute Gasteiger partial charge is 0.345 e. The second-order valence-corrected chi connectivity index (χ2v) is 4.86. The standard InChI is InChI=1S/C9H11NO3S2/c1-6(11)10-2-3-14-7-4-8(9(12)13)15-5-7/h4-5H,2-3H2,1H3,(H,10,11)(H,12,13). The van der Waals surface area contributed by atoms with Crippen LogP contribution in [0.1, 0.15) is 16.6 Å². The molecule has 0 aromatic carbocycles. The molecule has 0 saturated carbocycles. The van der Waals surface area contributed by atoms with Crippen LogP contribution in [0.4, 0.5) is 0 Å². The molecule has 0 fully saturated rings. The summed E-state index contributed by atoms with van der Waals surface area (Å²) in [6.45, 7) is 2.07. The van der Waals surface area contributed by atoms with E-state index < -0.39 is 5.97 Å². The van der Waals surface area contributed by atoms with Crippen LogP contribution in [0, 0.1) is 0 Å². The van der Waals surface area contributed by atoms with Crippen molar-refractivity contribution >= 4 is 35.0 Å². The van der Waals surface area contributed by atoms with Gasteiger partial charge < -0.3 is 10.4 Å². The lowest BCUT2D eigenvalue weighted by Crippen LogP contribution is -2.22. The van der Waals surface area contributed by atoms with E-state index in [9.17, 15) is 9.59 Å². The van der Waals surface area contributed by atoms with Crippen molar-refractivity contribution in [3.8, 4) is 0 Å². The van der Waals surface area contributed by atoms with Crippen molar-refractivity contribution in [1.29, 1.82) is 0 Å². The van der Waals surface area contributed by atoms with Crippen LogP contribution >= 0.6 is 23.1 Å². The molecule has 0 aliphatic heterocycles. The van der Waals surface area contributed by atoms with Crippen molar-refractivity contribution in [1.82, 2.24) is 5.32 Å². The molecule has 0 spiro atoms. The molecular formula is C9H11NO3S2. The molecule has 0 aliphatic carbocycles. The number of hydrogen-bond donors (Lipinski definition) is 2. The van der Waals surface area contributed by atoms with E-state index in [1.165, 1.54) is 30.0 Å². The highest BCUT2D eigenvalue weighted by atomic mass is 32.2. The monoisotopic (exact) mass is 245 g/mol. The van der Waals surface area contributed by atoms with Crippen LogP contribution in [-0.4, -0.2) is 29.3 Å². The number of nitrogens with one attached hydrogen (secondary N) is 1. The van der Waals surface area contributed by atoms with Crippen LogP contribution in [0.5, 0.6) is 0 Å². The fourth-order valence-corrected chi connectivity index (χ4v) is 2.64. The normalized spacial score (nSPS) is 9.93. The van der Waals surface area contributed by atoms with Gasteiger partial charge in [-0.3, -0.25) is 4.79 Å². The van der Waals surface area contributed by atoms with Gasteiger partial charge in [0.15, 0.2) is 0 Å². The number of thioether (sulfide) groups is 1. The number of amides is 1. The lowest BCUT2D eigenvalue weighted by molar-refractivity contribution is -0.118. The summed E-state index contributed by atoms with van der Waals surface area (Å²) in [5.41, 5.74) is 0. The molecule has 1 aromatic rings. The number of carbonyl (C=O) groups is 2. The van der Waals surface area contributed by atoms with E-state index >= 15 is 0 Å². The summed E-state index contributed by atoms with van der Waals surface area (Å²) in [5, 5.41) is 13.2. The molecule has 0 bridgehead atoms. The summed E-state index contributed by atoms with van der Waals surface area (Å²) >= 11 is 2.75. The van der Waals surface area contributed by atoms with Crippen molar-refractivity contribution in [2.24, 2.45) is 0 Å². The van der Waals surface area contributed by atoms with Crippen molar-refractivity contribution in [2.75, 3.05) is 12.3 Å². The van der Waals surface area contributed by atoms with Gasteiger partial charge in [0.05, 0.1) is 0 Å². The predicted molar refractivity (Wildman–Crippen MR) is 60.7 cm³/mol. The van der Waals surface area contributed by atoms with Crippen LogP contribution < -0.4 is 5.32 Å². The number of thiophene rings is 1. The molecule has 0 radical (unpaired) electrons. The van der Waals surface area contributed by atoms with Gasteiger partial charge in [-0.2, -0.15) is 0 Å². The number of carboxylic acids is 1. The molecule has 6 heteroatoms. The Labute approximate surface area is 95.7 Å². The third kappa shape index (κ3) is 4.35. The molecule has 0 atom stereocenters. The van der Waals surface area contributed by atoms with Crippen molar-refractivity contribution in [2.45, 2.75) is 11.8 Å². The first-order chi connectivity index (χ1) is 7.09. The van der Waals surface area contributed by atoms with Gasteiger partial charge in [0.2, 0.25) is 5.91 Å². The summed E-state index contributed by atoms with van der Waals surface area (Å²) in [6.07, 6.45) is 0. The number of carboxylic acid groups (broad SMARTS) is 1. The minimum absolute atomic E-state index is 0.0489. The molecule has 0 aliphatic rings. The van der Waals surface area contributed by atoms with Gasteiger partial charge in [-0.25, -0.2) is 4.79 Å². The Morgan fingerprint density at radius 3 is 2.87 bits per heavy atom. The summed E-state index contributed by atoms with van der Waals surface area (Å²) in [7, 11) is 0. The van der Waals surface area contributed by atoms with Gasteiger partial charge >= 0.3 is 5.97 Å². The molecule has 2 N–H and O–H groups in total. The Morgan fingerprint density at radius 2 is 2.33 bits per heavy atom. The zero-order chi connectivity index (χ0) is 11.3. The first-order valence-corrected chi connectivity index (χ1v) is 6.15. The Balaban J connectivity index is 2.31. The van der Waals surface area contributed by atoms with Gasteiger partial charge in [0, 0.05) is 29.5 Å². The predicted octanol–water partition coefficient (Wildman–Crippen LogP) is 1.67. The van der Waals surface area contributed by atoms with Gasteiger partial charge in [0.25, 0.3) is 0 Å². The maximum atomic E-state index is 10.6. The van der Waals surface area contributed by atoms with Crippen LogP contribution in [-0.2, 0) is 4.79 Å². The van der Waals surface area contributed by atoms with Crippen LogP contribution in [0.15, 0.2) is 16.3 Å². The van der Waals surface area contributed by atoms with Crippen molar-refractivity contribution in [3.05, 3.63) is 16.3 Å². The van der Waals surface area contributed by atoms with Crippen LogP contribution in [0.25, 0.3) is 0 Å². The molecule has 15 heavy (non-hydrogen) atoms. The molecule has 4 nitrogen and oxygen atoms in total. The highest BCUT2D eigenvalue weighted by molar-refractivity contribution is 7.99. The molecule has 1 heterocycles. The maximum Gasteiger partial charge on any atom is 0.345 e. The lowest BCUT2D eigenvalue weighted by Gasteiger charge is -1.99. The maximum absolute atomic E-state index is 10.6. The average Bonchev–Trinajstić information content (AvgIpc) is 2.60. The fraction of sp³-hybridized carbons (Fsp3) is 0.333. The largest absolute Gasteiger partial charge is 0.477 e. The average molecular weight is 245 g/mol. The van der Waals surface area contributed by atoms with E-state index in [4.69, 9.17) is 5.11 Å². The molecule has 1 aromatic heterocycles. The highest BCUT2D eigenvalue weighted by Crippen LogP contribution is 2.24. The zero-order valence-electron chi connectivity index (χ0n) is 8.15. The summed E-state index contributed by atoms with van der Waals surface area (Å²) in [6, 6.07) is 1.64. The first-order valence-electron chi connectivity index (χ1n) is 4.28. The number of rotatable bonds is 5. The molecule has 0 saturated heterocycles. The third-order valence-electron chi connectivity index (χ3n) is 1.53. The van der Waals surface area contributed by atoms with Gasteiger partial charge in [-0.05, 0) is 6.07 Å². The van der Waals surface area contributed by atoms with Crippen LogP contribution in [0.2, 0.25) is 0 Å². The third-order valence-corrected chi connectivity index (χ3v) is 3.58. The van der Waals surface area contributed by atoms with Gasteiger partial charge in [0.1, 0.15) is 4.88 Å². The van der Waals surface area contributed by atoms with E-state index in [2.05, 4.69) is 5.32 Å². The molecular weight excluding hydrogens is 234 g/mol. The molecule has 1 rings (SSSR count). The second-order valence-electron chi connectivity index (χ2n) is 2.78. The van der Waals surface area contributed by atoms with E-state index in [0.717, 1.165) is 10.6 Å². The minimum Gasteiger partial charge on any atom is -0.477 e. The topological polar surface area (TPSA) is 66.4 Å². The quantitative estimate of drug-likeness (QED) is 0.612. The van der Waals surface area contributed by atoms with Gasteiger partial charge in [-0.1, -0.05) is 0 Å². The fourth-order valence-electron chi connectivity index (χ4n) is 0.903. The Morgan fingerprint density at radius 1 is 1.60 bits per heavy atom. The number of aromatic carboxylic acids is 1. The molecule has 1 amide bonds. The van der Waals surface area contributed by atoms with Gasteiger partial charge in [-0.15, -0.1) is 23.1 Å². The van der Waals surface area contributed by atoms with E-state index in [0.29, 0.717) is 11.4 Å². The number of hydrogen-bond acceptors (Lipinski definition) is 4. The minimum atomic E-state index is -0.895.